The van der Waals surface area contributed by atoms with Gasteiger partial charge in [-0.15, -0.1) is 0 Å². The van der Waals surface area contributed by atoms with E-state index in [9.17, 15) is 27.0 Å². The van der Waals surface area contributed by atoms with Gasteiger partial charge >= 0.3 is 0 Å². The van der Waals surface area contributed by atoms with E-state index in [1.807, 2.05) is 24.3 Å². The van der Waals surface area contributed by atoms with Crippen LogP contribution in [-0.4, -0.2) is 100 Å². The number of hydrogen-bond acceptors (Lipinski definition) is 11. The number of methoxy groups -OCH3 is 1. The van der Waals surface area contributed by atoms with Crippen LogP contribution in [0.25, 0.3) is 11.1 Å². The lowest BCUT2D eigenvalue weighted by Gasteiger charge is -2.38. The molecule has 2 atom stereocenters. The van der Waals surface area contributed by atoms with E-state index in [1.54, 1.807) is 37.4 Å². The summed E-state index contributed by atoms with van der Waals surface area (Å²) in [6.45, 7) is 1.30. The Kier molecular flexibility index (Phi) is 10.4. The van der Waals surface area contributed by atoms with E-state index in [4.69, 9.17) is 19.9 Å². The fourth-order valence-corrected chi connectivity index (χ4v) is 9.99. The van der Waals surface area contributed by atoms with Gasteiger partial charge in [0.25, 0.3) is 0 Å². The highest BCUT2D eigenvalue weighted by atomic mass is 32.2. The lowest BCUT2D eigenvalue weighted by Crippen LogP contribution is -2.47. The minimum atomic E-state index is -3.76. The molecule has 49 heavy (non-hydrogen) atoms. The van der Waals surface area contributed by atoms with Crippen LogP contribution < -0.4 is 20.5 Å². The second kappa shape index (κ2) is 14.3. The van der Waals surface area contributed by atoms with Crippen LogP contribution in [0.5, 0.6) is 11.5 Å². The molecular weight excluding hydrogens is 671 g/mol. The van der Waals surface area contributed by atoms with Gasteiger partial charge in [0.1, 0.15) is 24.2 Å². The molecule has 0 amide bonds. The molecule has 0 unspecified atom stereocenters. The fraction of sp³-hybridized carbons (Fsp3) is 0.486. The Morgan fingerprint density at radius 1 is 1.00 bits per heavy atom. The van der Waals surface area contributed by atoms with E-state index in [2.05, 4.69) is 5.32 Å². The van der Waals surface area contributed by atoms with Gasteiger partial charge in [-0.2, -0.15) is 4.31 Å². The molecule has 0 radical (unpaired) electrons. The first-order valence-electron chi connectivity index (χ1n) is 16.6. The van der Waals surface area contributed by atoms with Crippen molar-refractivity contribution in [1.82, 2.24) is 9.62 Å². The number of nitrogens with two attached hydrogens (primary N) is 1. The number of hydrogen-bond donors (Lipinski definition) is 4. The van der Waals surface area contributed by atoms with Gasteiger partial charge in [0, 0.05) is 37.8 Å². The maximum absolute atomic E-state index is 13.7. The third-order valence-corrected chi connectivity index (χ3v) is 14.5. The average molecular weight is 716 g/mol. The molecule has 3 fully saturated rings. The largest absolute Gasteiger partial charge is 0.496 e. The molecule has 0 bridgehead atoms. The monoisotopic (exact) mass is 715 g/mol. The lowest BCUT2D eigenvalue weighted by molar-refractivity contribution is -0.0312. The number of benzene rings is 3. The van der Waals surface area contributed by atoms with Crippen LogP contribution in [0.2, 0.25) is 0 Å². The average Bonchev–Trinajstić information content (AvgIpc) is 3.85. The van der Waals surface area contributed by atoms with E-state index in [-0.39, 0.29) is 29.0 Å². The molecular formula is C35H45N3O9S2. The third kappa shape index (κ3) is 7.38. The number of rotatable bonds is 14. The van der Waals surface area contributed by atoms with E-state index in [0.717, 1.165) is 11.1 Å². The zero-order valence-corrected chi connectivity index (χ0v) is 29.2. The number of aliphatic hydroxyl groups excluding tert-OH is 2. The normalized spacial score (nSPS) is 21.0. The van der Waals surface area contributed by atoms with Gasteiger partial charge in [-0.25, -0.2) is 16.8 Å². The maximum atomic E-state index is 13.7. The lowest BCUT2D eigenvalue weighted by atomic mass is 9.88. The topological polar surface area (TPSA) is 178 Å². The van der Waals surface area contributed by atoms with Gasteiger partial charge in [-0.3, -0.25) is 0 Å². The number of ether oxygens (including phenoxy) is 3. The fourth-order valence-electron chi connectivity index (χ4n) is 6.69. The Labute approximate surface area is 288 Å². The van der Waals surface area contributed by atoms with Gasteiger partial charge in [-0.1, -0.05) is 30.3 Å². The van der Waals surface area contributed by atoms with Crippen molar-refractivity contribution in [3.05, 3.63) is 72.3 Å². The second-order valence-corrected chi connectivity index (χ2v) is 17.5. The highest BCUT2D eigenvalue weighted by Crippen LogP contribution is 2.46. The highest BCUT2D eigenvalue weighted by Gasteiger charge is 2.54. The summed E-state index contributed by atoms with van der Waals surface area (Å²) < 4.78 is 71.2. The van der Waals surface area contributed by atoms with Crippen molar-refractivity contribution in [3.63, 3.8) is 0 Å². The smallest absolute Gasteiger partial charge is 0.243 e. The minimum absolute atomic E-state index is 0.0192. The van der Waals surface area contributed by atoms with Gasteiger partial charge in [0.2, 0.25) is 10.0 Å². The van der Waals surface area contributed by atoms with Crippen LogP contribution in [-0.2, 0) is 31.1 Å². The Hall–Kier alpha value is -3.08. The number of sulfonamides is 1. The molecule has 1 aliphatic carbocycles. The Bertz CT molecular complexity index is 1840. The predicted octanol–water partition coefficient (Wildman–Crippen LogP) is 2.46. The van der Waals surface area contributed by atoms with Crippen LogP contribution in [0.1, 0.15) is 37.7 Å². The molecule has 12 nitrogen and oxygen atoms in total. The molecule has 2 aliphatic heterocycles. The van der Waals surface area contributed by atoms with Crippen LogP contribution in [0.4, 0.5) is 0 Å². The molecule has 3 aromatic carbocycles. The summed E-state index contributed by atoms with van der Waals surface area (Å²) in [5, 5.41) is 23.5. The molecule has 266 valence electrons. The molecule has 1 saturated carbocycles. The second-order valence-electron chi connectivity index (χ2n) is 13.3. The summed E-state index contributed by atoms with van der Waals surface area (Å²) in [5.41, 5.74) is 7.79. The van der Waals surface area contributed by atoms with Crippen molar-refractivity contribution in [2.75, 3.05) is 46.6 Å². The zero-order chi connectivity index (χ0) is 34.9. The SMILES string of the molecule is COc1ccc(S(=O)(=O)N2CCC3(CC2)C[C@@H](NC[C@H](O)COc2cccc(S(=O)(=O)C4(CO)CC4)c2)CO3)cc1-c1ccc(CN)cc1. The van der Waals surface area contributed by atoms with Crippen molar-refractivity contribution in [2.45, 2.75) is 70.9 Å². The molecule has 5 N–H and O–H groups in total. The van der Waals surface area contributed by atoms with Gasteiger partial charge in [0.15, 0.2) is 9.84 Å². The Morgan fingerprint density at radius 2 is 1.73 bits per heavy atom. The van der Waals surface area contributed by atoms with Crippen molar-refractivity contribution in [1.29, 1.82) is 0 Å². The number of aliphatic hydroxyl groups is 2. The first-order valence-corrected chi connectivity index (χ1v) is 19.5. The number of nitrogens with zero attached hydrogens (tertiary/aromatic N) is 1. The first kappa shape index (κ1) is 35.7. The van der Waals surface area contributed by atoms with Gasteiger partial charge in [0.05, 0.1) is 40.5 Å². The van der Waals surface area contributed by atoms with E-state index < -0.39 is 42.9 Å². The zero-order valence-electron chi connectivity index (χ0n) is 27.6. The van der Waals surface area contributed by atoms with Crippen molar-refractivity contribution in [3.8, 4) is 22.6 Å². The molecule has 3 aromatic rings. The summed E-state index contributed by atoms with van der Waals surface area (Å²) in [6.07, 6.45) is 1.80. The van der Waals surface area contributed by atoms with Gasteiger partial charge < -0.3 is 35.5 Å². The van der Waals surface area contributed by atoms with Crippen molar-refractivity contribution >= 4 is 19.9 Å². The molecule has 0 aromatic heterocycles. The van der Waals surface area contributed by atoms with E-state index >= 15 is 0 Å². The predicted molar refractivity (Wildman–Crippen MR) is 184 cm³/mol. The quantitative estimate of drug-likeness (QED) is 0.193. The summed E-state index contributed by atoms with van der Waals surface area (Å²) in [7, 11) is -5.88. The third-order valence-electron chi connectivity index (χ3n) is 10.0. The molecule has 6 rings (SSSR count). The van der Waals surface area contributed by atoms with Crippen molar-refractivity contribution < 1.29 is 41.3 Å². The van der Waals surface area contributed by atoms with Crippen LogP contribution in [0, 0.1) is 0 Å². The Balaban J connectivity index is 0.996. The molecule has 3 aliphatic rings. The summed E-state index contributed by atoms with van der Waals surface area (Å²) >= 11 is 0. The van der Waals surface area contributed by atoms with Crippen LogP contribution in [0.3, 0.4) is 0 Å². The molecule has 2 heterocycles. The number of piperidine rings is 1. The van der Waals surface area contributed by atoms with E-state index in [1.165, 1.54) is 16.4 Å². The van der Waals surface area contributed by atoms with Crippen molar-refractivity contribution in [2.24, 2.45) is 5.73 Å². The summed E-state index contributed by atoms with van der Waals surface area (Å²) in [5.74, 6) is 0.905. The minimum Gasteiger partial charge on any atom is -0.496 e. The molecule has 2 saturated heterocycles. The highest BCUT2D eigenvalue weighted by molar-refractivity contribution is 7.93. The number of sulfone groups is 1. The van der Waals surface area contributed by atoms with E-state index in [0.29, 0.717) is 75.4 Å². The Morgan fingerprint density at radius 3 is 2.39 bits per heavy atom. The molecule has 1 spiro atoms. The summed E-state index contributed by atoms with van der Waals surface area (Å²) in [6, 6.07) is 18.7. The number of nitrogens with one attached hydrogen (secondary N) is 1. The maximum Gasteiger partial charge on any atom is 0.243 e. The molecule has 14 heteroatoms. The first-order chi connectivity index (χ1) is 23.4. The van der Waals surface area contributed by atoms with Gasteiger partial charge in [-0.05, 0) is 79.6 Å². The van der Waals surface area contributed by atoms with Crippen LogP contribution >= 0.6 is 0 Å². The standard InChI is InChI=1S/C35H45N3O9S2/c1-45-33-10-9-31(18-32(33)26-7-5-25(20-36)6-8-26)49(43,44)38-15-13-34(14-16-38)19-27(22-47-34)37-21-28(40)23-46-29-3-2-4-30(17-29)48(41,42)35(24-39)11-12-35/h2-10,17-18,27-28,37,39-40H,11-16,19-24,36H2,1H3/t27-,28+/m1/s1. The van der Waals surface area contributed by atoms with Crippen LogP contribution in [0.15, 0.2) is 76.5 Å². The summed E-state index contributed by atoms with van der Waals surface area (Å²) in [4.78, 5) is 0.301.